The lowest BCUT2D eigenvalue weighted by Crippen LogP contribution is -2.36. The molecule has 1 rings (SSSR count). The highest BCUT2D eigenvalue weighted by Gasteiger charge is 2.21. The lowest BCUT2D eigenvalue weighted by atomic mass is 9.92. The highest BCUT2D eigenvalue weighted by Crippen LogP contribution is 2.21. The van der Waals surface area contributed by atoms with E-state index in [0.29, 0.717) is 6.04 Å². The van der Waals surface area contributed by atoms with Gasteiger partial charge in [0.05, 0.1) is 6.10 Å². The summed E-state index contributed by atoms with van der Waals surface area (Å²) < 4.78 is 0. The van der Waals surface area contributed by atoms with Gasteiger partial charge in [-0.15, -0.1) is 6.58 Å². The number of hydrogen-bond donors (Lipinski definition) is 1. The predicted molar refractivity (Wildman–Crippen MR) is 51.1 cm³/mol. The molecule has 1 aliphatic rings. The Balaban J connectivity index is 2.28. The quantitative estimate of drug-likeness (QED) is 0.646. The van der Waals surface area contributed by atoms with E-state index in [1.54, 1.807) is 0 Å². The average molecular weight is 169 g/mol. The number of likely N-dealkylation sites (N-methyl/N-ethyl adjacent to an activating group) is 1. The van der Waals surface area contributed by atoms with Gasteiger partial charge in [0, 0.05) is 12.6 Å². The Kier molecular flexibility index (Phi) is 3.76. The second-order valence-electron chi connectivity index (χ2n) is 3.69. The first-order valence-electron chi connectivity index (χ1n) is 4.73. The van der Waals surface area contributed by atoms with Gasteiger partial charge in [-0.2, -0.15) is 0 Å². The molecule has 0 aliphatic heterocycles. The molecule has 1 aliphatic carbocycles. The van der Waals surface area contributed by atoms with Crippen LogP contribution in [0.1, 0.15) is 25.7 Å². The minimum atomic E-state index is -0.0432. The van der Waals surface area contributed by atoms with Crippen LogP contribution in [0.5, 0.6) is 0 Å². The van der Waals surface area contributed by atoms with Crippen LogP contribution in [0, 0.1) is 0 Å². The molecule has 0 atom stereocenters. The molecule has 2 nitrogen and oxygen atoms in total. The van der Waals surface area contributed by atoms with Gasteiger partial charge in [-0.25, -0.2) is 0 Å². The zero-order valence-corrected chi connectivity index (χ0v) is 7.87. The van der Waals surface area contributed by atoms with E-state index in [1.165, 1.54) is 0 Å². The van der Waals surface area contributed by atoms with Crippen LogP contribution < -0.4 is 0 Å². The van der Waals surface area contributed by atoms with Crippen molar-refractivity contribution in [2.24, 2.45) is 0 Å². The van der Waals surface area contributed by atoms with Gasteiger partial charge in [0.2, 0.25) is 0 Å². The normalized spacial score (nSPS) is 30.6. The zero-order valence-electron chi connectivity index (χ0n) is 7.87. The largest absolute Gasteiger partial charge is 0.393 e. The molecule has 0 radical (unpaired) electrons. The molecule has 0 saturated heterocycles. The van der Waals surface area contributed by atoms with E-state index in [2.05, 4.69) is 18.5 Å². The van der Waals surface area contributed by atoms with Crippen molar-refractivity contribution in [2.75, 3.05) is 13.6 Å². The van der Waals surface area contributed by atoms with Crippen LogP contribution in [-0.2, 0) is 0 Å². The van der Waals surface area contributed by atoms with Crippen LogP contribution in [0.2, 0.25) is 0 Å². The third-order valence-corrected chi connectivity index (χ3v) is 2.71. The first-order chi connectivity index (χ1) is 5.74. The van der Waals surface area contributed by atoms with Gasteiger partial charge in [-0.3, -0.25) is 4.90 Å². The third kappa shape index (κ3) is 2.61. The maximum Gasteiger partial charge on any atom is 0.0541 e. The van der Waals surface area contributed by atoms with Gasteiger partial charge in [0.1, 0.15) is 0 Å². The fraction of sp³-hybridized carbons (Fsp3) is 0.800. The van der Waals surface area contributed by atoms with Crippen molar-refractivity contribution < 1.29 is 5.11 Å². The standard InChI is InChI=1S/C10H19NO/c1-3-8-11(2)9-4-6-10(12)7-5-9/h3,9-10,12H,1,4-8H2,2H3/t9-,10-. The summed E-state index contributed by atoms with van der Waals surface area (Å²) in [4.78, 5) is 2.32. The fourth-order valence-electron chi connectivity index (χ4n) is 1.85. The van der Waals surface area contributed by atoms with Gasteiger partial charge >= 0.3 is 0 Å². The molecule has 0 aromatic rings. The fourth-order valence-corrected chi connectivity index (χ4v) is 1.85. The van der Waals surface area contributed by atoms with E-state index < -0.39 is 0 Å². The van der Waals surface area contributed by atoms with E-state index in [1.807, 2.05) is 6.08 Å². The highest BCUT2D eigenvalue weighted by molar-refractivity contribution is 4.81. The summed E-state index contributed by atoms with van der Waals surface area (Å²) in [6.45, 7) is 4.68. The SMILES string of the molecule is C=CCN(C)[C@H]1CC[C@H](O)CC1. The van der Waals surface area contributed by atoms with Gasteiger partial charge in [-0.1, -0.05) is 6.08 Å². The molecule has 0 amide bonds. The topological polar surface area (TPSA) is 23.5 Å². The number of rotatable bonds is 3. The first kappa shape index (κ1) is 9.75. The van der Waals surface area contributed by atoms with Crippen molar-refractivity contribution >= 4 is 0 Å². The molecular formula is C10H19NO. The number of hydrogen-bond acceptors (Lipinski definition) is 2. The van der Waals surface area contributed by atoms with Crippen LogP contribution >= 0.6 is 0 Å². The van der Waals surface area contributed by atoms with Crippen molar-refractivity contribution in [3.8, 4) is 0 Å². The van der Waals surface area contributed by atoms with Gasteiger partial charge in [0.15, 0.2) is 0 Å². The summed E-state index contributed by atoms with van der Waals surface area (Å²) >= 11 is 0. The second-order valence-corrected chi connectivity index (χ2v) is 3.69. The van der Waals surface area contributed by atoms with Crippen molar-refractivity contribution in [1.82, 2.24) is 4.90 Å². The van der Waals surface area contributed by atoms with Crippen LogP contribution in [0.4, 0.5) is 0 Å². The molecule has 0 aromatic carbocycles. The van der Waals surface area contributed by atoms with E-state index in [4.69, 9.17) is 0 Å². The summed E-state index contributed by atoms with van der Waals surface area (Å²) in [5, 5.41) is 9.30. The molecular weight excluding hydrogens is 150 g/mol. The molecule has 0 unspecified atom stereocenters. The van der Waals surface area contributed by atoms with E-state index in [9.17, 15) is 5.11 Å². The van der Waals surface area contributed by atoms with Crippen LogP contribution in [0.15, 0.2) is 12.7 Å². The molecule has 0 heterocycles. The van der Waals surface area contributed by atoms with Crippen molar-refractivity contribution in [3.05, 3.63) is 12.7 Å². The maximum absolute atomic E-state index is 9.30. The monoisotopic (exact) mass is 169 g/mol. The smallest absolute Gasteiger partial charge is 0.0541 e. The molecule has 2 heteroatoms. The van der Waals surface area contributed by atoms with Crippen molar-refractivity contribution in [3.63, 3.8) is 0 Å². The lowest BCUT2D eigenvalue weighted by molar-refractivity contribution is 0.0882. The molecule has 1 fully saturated rings. The minimum absolute atomic E-state index is 0.0432. The van der Waals surface area contributed by atoms with Crippen LogP contribution in [-0.4, -0.2) is 35.7 Å². The van der Waals surface area contributed by atoms with Gasteiger partial charge in [-0.05, 0) is 32.7 Å². The number of aliphatic hydroxyl groups excluding tert-OH is 1. The molecule has 12 heavy (non-hydrogen) atoms. The average Bonchev–Trinajstić information content (AvgIpc) is 2.06. The van der Waals surface area contributed by atoms with Crippen molar-refractivity contribution in [1.29, 1.82) is 0 Å². The van der Waals surface area contributed by atoms with Gasteiger partial charge < -0.3 is 5.11 Å². The zero-order chi connectivity index (χ0) is 8.97. The molecule has 1 N–H and O–H groups in total. The number of nitrogens with zero attached hydrogens (tertiary/aromatic N) is 1. The Labute approximate surface area is 74.9 Å². The van der Waals surface area contributed by atoms with Crippen LogP contribution in [0.25, 0.3) is 0 Å². The summed E-state index contributed by atoms with van der Waals surface area (Å²) in [5.74, 6) is 0. The summed E-state index contributed by atoms with van der Waals surface area (Å²) in [5.41, 5.74) is 0. The maximum atomic E-state index is 9.30. The second kappa shape index (κ2) is 4.63. The predicted octanol–water partition coefficient (Wildman–Crippen LogP) is 1.41. The Morgan fingerprint density at radius 1 is 1.42 bits per heavy atom. The third-order valence-electron chi connectivity index (χ3n) is 2.71. The molecule has 0 bridgehead atoms. The van der Waals surface area contributed by atoms with E-state index in [-0.39, 0.29) is 6.10 Å². The van der Waals surface area contributed by atoms with Gasteiger partial charge in [0.25, 0.3) is 0 Å². The Morgan fingerprint density at radius 2 is 2.00 bits per heavy atom. The Hall–Kier alpha value is -0.340. The molecule has 1 saturated carbocycles. The Morgan fingerprint density at radius 3 is 2.50 bits per heavy atom. The summed E-state index contributed by atoms with van der Waals surface area (Å²) in [7, 11) is 2.13. The highest BCUT2D eigenvalue weighted by atomic mass is 16.3. The molecule has 70 valence electrons. The minimum Gasteiger partial charge on any atom is -0.393 e. The molecule has 0 aromatic heterocycles. The van der Waals surface area contributed by atoms with Crippen molar-refractivity contribution in [2.45, 2.75) is 37.8 Å². The number of aliphatic hydroxyl groups is 1. The molecule has 0 spiro atoms. The lowest BCUT2D eigenvalue weighted by Gasteiger charge is -2.32. The van der Waals surface area contributed by atoms with E-state index in [0.717, 1.165) is 32.2 Å². The van der Waals surface area contributed by atoms with E-state index >= 15 is 0 Å². The Bertz CT molecular complexity index is 139. The van der Waals surface area contributed by atoms with Crippen LogP contribution in [0.3, 0.4) is 0 Å². The summed E-state index contributed by atoms with van der Waals surface area (Å²) in [6.07, 6.45) is 6.08. The summed E-state index contributed by atoms with van der Waals surface area (Å²) in [6, 6.07) is 0.659. The first-order valence-corrected chi connectivity index (χ1v) is 4.73.